The number of hydrogen-bond donors (Lipinski definition) is 3. The monoisotopic (exact) mass is 204 g/mol. The van der Waals surface area contributed by atoms with Gasteiger partial charge >= 0.3 is 8.72 Å². The van der Waals surface area contributed by atoms with Gasteiger partial charge in [0.05, 0.1) is 0 Å². The molecule has 0 saturated carbocycles. The molecule has 0 aliphatic heterocycles. The second-order valence-corrected chi connectivity index (χ2v) is 6.32. The molecule has 3 N–H and O–H groups in total. The summed E-state index contributed by atoms with van der Waals surface area (Å²) in [6, 6.07) is 0. The topological polar surface area (TPSA) is 39.3 Å². The summed E-state index contributed by atoms with van der Waals surface area (Å²) < 4.78 is 2.44. The van der Waals surface area contributed by atoms with Gasteiger partial charge in [0.15, 0.2) is 0 Å². The van der Waals surface area contributed by atoms with Gasteiger partial charge in [-0.05, 0) is 33.7 Å². The Balaban J connectivity index is 4.50. The van der Waals surface area contributed by atoms with Crippen molar-refractivity contribution in [1.82, 2.24) is 19.5 Å². The standard InChI is InChI=1S/C8H24N4Si/c1-6-11-13(9-4,10-5)12(7-2)8-3/h9-11H,6-8H2,1-5H3. The Morgan fingerprint density at radius 3 is 1.69 bits per heavy atom. The summed E-state index contributed by atoms with van der Waals surface area (Å²) in [5.74, 6) is 0. The molecule has 0 aliphatic carbocycles. The summed E-state index contributed by atoms with van der Waals surface area (Å²) in [5, 5.41) is 0. The van der Waals surface area contributed by atoms with Crippen molar-refractivity contribution in [1.29, 1.82) is 0 Å². The lowest BCUT2D eigenvalue weighted by atomic mass is 10.7. The first-order chi connectivity index (χ1) is 6.20. The molecule has 0 bridgehead atoms. The fraction of sp³-hybridized carbons (Fsp3) is 1.00. The average molecular weight is 204 g/mol. The van der Waals surface area contributed by atoms with Gasteiger partial charge in [-0.15, -0.1) is 0 Å². The van der Waals surface area contributed by atoms with E-state index in [2.05, 4.69) is 40.3 Å². The third kappa shape index (κ3) is 3.03. The SMILES string of the molecule is CCN[Si](NC)(NC)N(CC)CC. The molecule has 0 aromatic carbocycles. The third-order valence-corrected chi connectivity index (χ3v) is 6.29. The van der Waals surface area contributed by atoms with Gasteiger partial charge in [-0.25, -0.2) is 0 Å². The van der Waals surface area contributed by atoms with Crippen molar-refractivity contribution < 1.29 is 0 Å². The van der Waals surface area contributed by atoms with Crippen LogP contribution < -0.4 is 14.9 Å². The summed E-state index contributed by atoms with van der Waals surface area (Å²) in [5.41, 5.74) is 0. The van der Waals surface area contributed by atoms with E-state index in [1.807, 2.05) is 14.1 Å². The van der Waals surface area contributed by atoms with Crippen LogP contribution in [0.4, 0.5) is 0 Å². The van der Waals surface area contributed by atoms with Crippen molar-refractivity contribution in [3.63, 3.8) is 0 Å². The van der Waals surface area contributed by atoms with E-state index >= 15 is 0 Å². The molecule has 0 aromatic heterocycles. The second kappa shape index (κ2) is 6.50. The first-order valence-electron chi connectivity index (χ1n) is 5.08. The Labute approximate surface area is 83.4 Å². The molecule has 0 aliphatic rings. The molecule has 0 rings (SSSR count). The Kier molecular flexibility index (Phi) is 6.53. The van der Waals surface area contributed by atoms with Crippen molar-refractivity contribution in [3.8, 4) is 0 Å². The van der Waals surface area contributed by atoms with Crippen LogP contribution in [0.1, 0.15) is 20.8 Å². The minimum Gasteiger partial charge on any atom is -0.303 e. The van der Waals surface area contributed by atoms with Crippen LogP contribution in [0.15, 0.2) is 0 Å². The molecule has 0 amide bonds. The van der Waals surface area contributed by atoms with E-state index in [0.717, 1.165) is 19.6 Å². The summed E-state index contributed by atoms with van der Waals surface area (Å²) >= 11 is 0. The van der Waals surface area contributed by atoms with Gasteiger partial charge in [-0.1, -0.05) is 20.8 Å². The lowest BCUT2D eigenvalue weighted by Crippen LogP contribution is -2.79. The molecule has 0 spiro atoms. The normalized spacial score (nSPS) is 12.5. The van der Waals surface area contributed by atoms with Crippen LogP contribution in [0.3, 0.4) is 0 Å². The molecule has 0 atom stereocenters. The van der Waals surface area contributed by atoms with Crippen LogP contribution in [-0.2, 0) is 0 Å². The van der Waals surface area contributed by atoms with Crippen molar-refractivity contribution in [2.75, 3.05) is 33.7 Å². The molecule has 80 valence electrons. The maximum atomic E-state index is 3.54. The summed E-state index contributed by atoms with van der Waals surface area (Å²) in [7, 11) is 2.25. The fourth-order valence-electron chi connectivity index (χ4n) is 1.68. The molecule has 0 heterocycles. The molecular weight excluding hydrogens is 180 g/mol. The van der Waals surface area contributed by atoms with Crippen molar-refractivity contribution in [3.05, 3.63) is 0 Å². The lowest BCUT2D eigenvalue weighted by Gasteiger charge is -2.39. The Morgan fingerprint density at radius 1 is 1.00 bits per heavy atom. The van der Waals surface area contributed by atoms with Crippen LogP contribution >= 0.6 is 0 Å². The van der Waals surface area contributed by atoms with Crippen LogP contribution in [0.5, 0.6) is 0 Å². The molecule has 5 heteroatoms. The average Bonchev–Trinajstić information content (AvgIpc) is 2.18. The highest BCUT2D eigenvalue weighted by Gasteiger charge is 2.36. The van der Waals surface area contributed by atoms with Gasteiger partial charge in [0.25, 0.3) is 0 Å². The quantitative estimate of drug-likeness (QED) is 0.503. The highest BCUT2D eigenvalue weighted by atomic mass is 28.4. The minimum atomic E-state index is -1.79. The smallest absolute Gasteiger partial charge is 0.303 e. The minimum absolute atomic E-state index is 0.990. The van der Waals surface area contributed by atoms with Crippen LogP contribution in [-0.4, -0.2) is 47.0 Å². The molecule has 13 heavy (non-hydrogen) atoms. The van der Waals surface area contributed by atoms with E-state index in [1.165, 1.54) is 0 Å². The molecule has 0 fully saturated rings. The van der Waals surface area contributed by atoms with Gasteiger partial charge in [0.2, 0.25) is 0 Å². The van der Waals surface area contributed by atoms with Gasteiger partial charge < -0.3 is 14.9 Å². The van der Waals surface area contributed by atoms with E-state index in [-0.39, 0.29) is 0 Å². The zero-order valence-corrected chi connectivity index (χ0v) is 10.6. The highest BCUT2D eigenvalue weighted by Crippen LogP contribution is 1.97. The second-order valence-electron chi connectivity index (χ2n) is 2.91. The number of nitrogens with zero attached hydrogens (tertiary/aromatic N) is 1. The van der Waals surface area contributed by atoms with Crippen LogP contribution in [0, 0.1) is 0 Å². The Bertz CT molecular complexity index is 123. The summed E-state index contributed by atoms with van der Waals surface area (Å²) in [4.78, 5) is 10.4. The Morgan fingerprint density at radius 2 is 1.46 bits per heavy atom. The largest absolute Gasteiger partial charge is 0.368 e. The lowest BCUT2D eigenvalue weighted by molar-refractivity contribution is 0.424. The third-order valence-electron chi connectivity index (χ3n) is 2.39. The van der Waals surface area contributed by atoms with Gasteiger partial charge in [0, 0.05) is 0 Å². The number of nitrogens with one attached hydrogen (secondary N) is 3. The molecule has 0 unspecified atom stereocenters. The van der Waals surface area contributed by atoms with Crippen LogP contribution in [0.25, 0.3) is 0 Å². The number of hydrogen-bond acceptors (Lipinski definition) is 4. The predicted molar refractivity (Wildman–Crippen MR) is 60.5 cm³/mol. The number of rotatable bonds is 7. The zero-order chi connectivity index (χ0) is 10.3. The van der Waals surface area contributed by atoms with E-state index in [9.17, 15) is 0 Å². The fourth-order valence-corrected chi connectivity index (χ4v) is 4.60. The molecule has 0 saturated heterocycles. The van der Waals surface area contributed by atoms with E-state index in [4.69, 9.17) is 0 Å². The van der Waals surface area contributed by atoms with Crippen molar-refractivity contribution in [2.45, 2.75) is 20.8 Å². The van der Waals surface area contributed by atoms with Crippen LogP contribution in [0.2, 0.25) is 0 Å². The van der Waals surface area contributed by atoms with E-state index in [0.29, 0.717) is 0 Å². The zero-order valence-electron chi connectivity index (χ0n) is 9.57. The van der Waals surface area contributed by atoms with Crippen molar-refractivity contribution in [2.24, 2.45) is 0 Å². The maximum Gasteiger partial charge on any atom is 0.368 e. The predicted octanol–water partition coefficient (Wildman–Crippen LogP) is -0.188. The van der Waals surface area contributed by atoms with Gasteiger partial charge in [-0.2, -0.15) is 0 Å². The molecule has 0 radical (unpaired) electrons. The van der Waals surface area contributed by atoms with E-state index in [1.54, 1.807) is 0 Å². The van der Waals surface area contributed by atoms with Crippen molar-refractivity contribution >= 4 is 8.72 Å². The highest BCUT2D eigenvalue weighted by molar-refractivity contribution is 6.69. The van der Waals surface area contributed by atoms with E-state index < -0.39 is 8.72 Å². The Hall–Kier alpha value is 0.0569. The summed E-state index contributed by atoms with van der Waals surface area (Å²) in [6.07, 6.45) is 0. The first kappa shape index (κ1) is 13.1. The summed E-state index contributed by atoms with van der Waals surface area (Å²) in [6.45, 7) is 9.65. The first-order valence-corrected chi connectivity index (χ1v) is 7.03. The van der Waals surface area contributed by atoms with Gasteiger partial charge in [-0.3, -0.25) is 4.57 Å². The molecule has 4 nitrogen and oxygen atoms in total. The maximum absolute atomic E-state index is 3.54. The molecular formula is C8H24N4Si. The molecule has 0 aromatic rings. The van der Waals surface area contributed by atoms with Gasteiger partial charge in [0.1, 0.15) is 0 Å².